The van der Waals surface area contributed by atoms with Crippen LogP contribution in [0.2, 0.25) is 0 Å². The molecule has 1 aliphatic heterocycles. The summed E-state index contributed by atoms with van der Waals surface area (Å²) in [4.78, 5) is 21.0. The van der Waals surface area contributed by atoms with Crippen LogP contribution in [0.5, 0.6) is 0 Å². The third-order valence-electron chi connectivity index (χ3n) is 3.99. The molecular formula is C22H15N3O. The zero-order valence-corrected chi connectivity index (χ0v) is 13.9. The Kier molecular flexibility index (Phi) is 4.28. The van der Waals surface area contributed by atoms with Gasteiger partial charge in [-0.25, -0.2) is 0 Å². The van der Waals surface area contributed by atoms with Gasteiger partial charge >= 0.3 is 0 Å². The highest BCUT2D eigenvalue weighted by Gasteiger charge is 2.17. The average molecular weight is 337 g/mol. The van der Waals surface area contributed by atoms with Gasteiger partial charge in [-0.05, 0) is 48.0 Å². The maximum absolute atomic E-state index is 12.3. The Balaban J connectivity index is 1.69. The summed E-state index contributed by atoms with van der Waals surface area (Å²) in [6.45, 7) is 0. The van der Waals surface area contributed by atoms with Crippen molar-refractivity contribution < 1.29 is 4.79 Å². The van der Waals surface area contributed by atoms with Gasteiger partial charge in [0.05, 0.1) is 23.5 Å². The first-order valence-electron chi connectivity index (χ1n) is 8.27. The number of nitrogens with zero attached hydrogens (tertiary/aromatic N) is 2. The summed E-state index contributed by atoms with van der Waals surface area (Å²) in [6, 6.07) is 19.2. The molecule has 0 unspecified atom stereocenters. The number of pyridine rings is 1. The molecule has 1 aromatic heterocycles. The molecule has 0 atom stereocenters. The standard InChI is InChI=1S/C22H15N3O/c26-22-15-20(18-10-12-23-13-11-18)24-19-9-8-17(14-21(19)25-22)7-6-16-4-2-1-3-5-16/h1-5,8-14H,15H2,(H,25,26). The summed E-state index contributed by atoms with van der Waals surface area (Å²) in [5.74, 6) is 6.16. The van der Waals surface area contributed by atoms with Crippen LogP contribution in [-0.4, -0.2) is 16.6 Å². The highest BCUT2D eigenvalue weighted by molar-refractivity contribution is 6.16. The lowest BCUT2D eigenvalue weighted by Crippen LogP contribution is -2.15. The molecule has 4 nitrogen and oxygen atoms in total. The van der Waals surface area contributed by atoms with E-state index in [0.29, 0.717) is 5.69 Å². The summed E-state index contributed by atoms with van der Waals surface area (Å²) >= 11 is 0. The number of aliphatic imine (C=N–C) groups is 1. The van der Waals surface area contributed by atoms with Gasteiger partial charge in [-0.3, -0.25) is 14.8 Å². The van der Waals surface area contributed by atoms with Crippen LogP contribution in [0.15, 0.2) is 78.0 Å². The molecule has 1 amide bonds. The van der Waals surface area contributed by atoms with E-state index in [1.807, 2.05) is 60.7 Å². The Bertz CT molecular complexity index is 1040. The SMILES string of the molecule is O=C1CC(c2ccncc2)=Nc2ccc(C#Cc3ccccc3)cc2N1. The molecule has 0 bridgehead atoms. The molecule has 124 valence electrons. The predicted octanol–water partition coefficient (Wildman–Crippen LogP) is 3.94. The topological polar surface area (TPSA) is 54.4 Å². The van der Waals surface area contributed by atoms with E-state index in [4.69, 9.17) is 0 Å². The van der Waals surface area contributed by atoms with Gasteiger partial charge in [-0.2, -0.15) is 0 Å². The van der Waals surface area contributed by atoms with Gasteiger partial charge in [-0.15, -0.1) is 0 Å². The smallest absolute Gasteiger partial charge is 0.230 e. The second kappa shape index (κ2) is 7.04. The molecule has 0 saturated heterocycles. The van der Waals surface area contributed by atoms with Crippen LogP contribution in [-0.2, 0) is 4.79 Å². The zero-order valence-electron chi connectivity index (χ0n) is 13.9. The molecule has 3 aromatic rings. The number of aromatic nitrogens is 1. The van der Waals surface area contributed by atoms with Crippen molar-refractivity contribution in [3.05, 3.63) is 89.7 Å². The van der Waals surface area contributed by atoms with Gasteiger partial charge in [0.1, 0.15) is 0 Å². The number of hydrogen-bond acceptors (Lipinski definition) is 3. The molecule has 26 heavy (non-hydrogen) atoms. The predicted molar refractivity (Wildman–Crippen MR) is 103 cm³/mol. The minimum Gasteiger partial charge on any atom is -0.324 e. The minimum absolute atomic E-state index is 0.0903. The second-order valence-electron chi connectivity index (χ2n) is 5.87. The maximum atomic E-state index is 12.3. The number of nitrogens with one attached hydrogen (secondary N) is 1. The fourth-order valence-corrected chi connectivity index (χ4v) is 2.72. The fraction of sp³-hybridized carbons (Fsp3) is 0.0455. The average Bonchev–Trinajstić information content (AvgIpc) is 2.85. The van der Waals surface area contributed by atoms with E-state index >= 15 is 0 Å². The summed E-state index contributed by atoms with van der Waals surface area (Å²) in [7, 11) is 0. The third-order valence-corrected chi connectivity index (χ3v) is 3.99. The van der Waals surface area contributed by atoms with Crippen molar-refractivity contribution in [2.75, 3.05) is 5.32 Å². The lowest BCUT2D eigenvalue weighted by Gasteiger charge is -2.04. The highest BCUT2D eigenvalue weighted by Crippen LogP contribution is 2.30. The van der Waals surface area contributed by atoms with Crippen molar-refractivity contribution >= 4 is 23.0 Å². The molecule has 0 fully saturated rings. The number of carbonyl (C=O) groups excluding carboxylic acids is 1. The Labute approximate surface area is 151 Å². The quantitative estimate of drug-likeness (QED) is 0.684. The van der Waals surface area contributed by atoms with Crippen molar-refractivity contribution in [3.63, 3.8) is 0 Å². The largest absolute Gasteiger partial charge is 0.324 e. The molecule has 0 spiro atoms. The van der Waals surface area contributed by atoms with Crippen LogP contribution in [0.4, 0.5) is 11.4 Å². The molecule has 2 aromatic carbocycles. The van der Waals surface area contributed by atoms with E-state index in [9.17, 15) is 4.79 Å². The molecule has 2 heterocycles. The molecular weight excluding hydrogens is 322 g/mol. The van der Waals surface area contributed by atoms with Crippen LogP contribution in [0.1, 0.15) is 23.1 Å². The first kappa shape index (κ1) is 15.8. The molecule has 4 heteroatoms. The number of fused-ring (bicyclic) bond motifs is 1. The number of amides is 1. The van der Waals surface area contributed by atoms with Crippen LogP contribution in [0, 0.1) is 11.8 Å². The first-order chi connectivity index (χ1) is 12.8. The second-order valence-corrected chi connectivity index (χ2v) is 5.87. The number of benzene rings is 2. The van der Waals surface area contributed by atoms with Gasteiger partial charge in [0, 0.05) is 23.5 Å². The van der Waals surface area contributed by atoms with E-state index < -0.39 is 0 Å². The number of hydrogen-bond donors (Lipinski definition) is 1. The lowest BCUT2D eigenvalue weighted by atomic mass is 10.1. The monoisotopic (exact) mass is 337 g/mol. The van der Waals surface area contributed by atoms with Crippen molar-refractivity contribution in [1.29, 1.82) is 0 Å². The minimum atomic E-state index is -0.0903. The van der Waals surface area contributed by atoms with E-state index in [1.165, 1.54) is 0 Å². The van der Waals surface area contributed by atoms with Gasteiger partial charge in [0.15, 0.2) is 0 Å². The van der Waals surface area contributed by atoms with Crippen LogP contribution >= 0.6 is 0 Å². The van der Waals surface area contributed by atoms with Crippen molar-refractivity contribution in [2.45, 2.75) is 6.42 Å². The molecule has 0 saturated carbocycles. The normalized spacial score (nSPS) is 12.8. The van der Waals surface area contributed by atoms with Crippen molar-refractivity contribution in [2.24, 2.45) is 4.99 Å². The van der Waals surface area contributed by atoms with Crippen LogP contribution in [0.3, 0.4) is 0 Å². The van der Waals surface area contributed by atoms with Crippen LogP contribution < -0.4 is 5.32 Å². The molecule has 1 N–H and O–H groups in total. The lowest BCUT2D eigenvalue weighted by molar-refractivity contribution is -0.115. The highest BCUT2D eigenvalue weighted by atomic mass is 16.1. The molecule has 0 radical (unpaired) electrons. The number of rotatable bonds is 1. The van der Waals surface area contributed by atoms with Crippen molar-refractivity contribution in [1.82, 2.24) is 4.98 Å². The molecule has 1 aliphatic rings. The molecule has 4 rings (SSSR count). The number of anilines is 1. The van der Waals surface area contributed by atoms with E-state index in [2.05, 4.69) is 27.1 Å². The van der Waals surface area contributed by atoms with Crippen LogP contribution in [0.25, 0.3) is 0 Å². The summed E-state index contributed by atoms with van der Waals surface area (Å²) in [5.41, 5.74) is 4.81. The van der Waals surface area contributed by atoms with Crippen molar-refractivity contribution in [3.8, 4) is 11.8 Å². The Morgan fingerprint density at radius 1 is 0.885 bits per heavy atom. The fourth-order valence-electron chi connectivity index (χ4n) is 2.72. The van der Waals surface area contributed by atoms with Gasteiger partial charge in [-0.1, -0.05) is 30.0 Å². The van der Waals surface area contributed by atoms with E-state index in [0.717, 1.165) is 28.1 Å². The maximum Gasteiger partial charge on any atom is 0.230 e. The Morgan fingerprint density at radius 3 is 2.46 bits per heavy atom. The number of carbonyl (C=O) groups is 1. The Morgan fingerprint density at radius 2 is 1.65 bits per heavy atom. The summed E-state index contributed by atoms with van der Waals surface area (Å²) < 4.78 is 0. The third kappa shape index (κ3) is 3.52. The van der Waals surface area contributed by atoms with Gasteiger partial charge < -0.3 is 5.32 Å². The van der Waals surface area contributed by atoms with E-state index in [1.54, 1.807) is 12.4 Å². The summed E-state index contributed by atoms with van der Waals surface area (Å²) in [5, 5.41) is 2.92. The molecule has 0 aliphatic carbocycles. The zero-order chi connectivity index (χ0) is 17.8. The Hall–Kier alpha value is -3.71. The van der Waals surface area contributed by atoms with Gasteiger partial charge in [0.2, 0.25) is 5.91 Å². The summed E-state index contributed by atoms with van der Waals surface area (Å²) in [6.07, 6.45) is 3.62. The van der Waals surface area contributed by atoms with E-state index in [-0.39, 0.29) is 12.3 Å². The van der Waals surface area contributed by atoms with Gasteiger partial charge in [0.25, 0.3) is 0 Å². The first-order valence-corrected chi connectivity index (χ1v) is 8.27.